The quantitative estimate of drug-likeness (QED) is 0.365. The number of rotatable bonds is 9. The summed E-state index contributed by atoms with van der Waals surface area (Å²) < 4.78 is 50.6. The summed E-state index contributed by atoms with van der Waals surface area (Å²) in [6, 6.07) is 10.9. The Morgan fingerprint density at radius 2 is 1.82 bits per heavy atom. The number of hydrogen-bond acceptors (Lipinski definition) is 9. The molecule has 3 aromatic rings. The first-order valence-electron chi connectivity index (χ1n) is 12.5. The third-order valence-corrected chi connectivity index (χ3v) is 9.17. The van der Waals surface area contributed by atoms with Crippen molar-refractivity contribution in [2.75, 3.05) is 25.1 Å². The number of fused-ring (bicyclic) bond motifs is 1. The van der Waals surface area contributed by atoms with Crippen LogP contribution in [0, 0.1) is 0 Å². The van der Waals surface area contributed by atoms with Crippen molar-refractivity contribution in [3.8, 4) is 0 Å². The lowest BCUT2D eigenvalue weighted by atomic mass is 10.1. The van der Waals surface area contributed by atoms with Gasteiger partial charge in [-0.15, -0.1) is 0 Å². The van der Waals surface area contributed by atoms with Crippen LogP contribution in [-0.2, 0) is 29.4 Å². The second-order valence-corrected chi connectivity index (χ2v) is 13.7. The maximum atomic E-state index is 13.2. The molecule has 2 amide bonds. The van der Waals surface area contributed by atoms with Crippen LogP contribution in [0.4, 0.5) is 0 Å². The zero-order chi connectivity index (χ0) is 28.9. The maximum Gasteiger partial charge on any atom is 0.260 e. The number of Topliss-reactive ketones (excluding diaryl/α,β-unsaturated/α-hetero) is 1. The van der Waals surface area contributed by atoms with E-state index in [9.17, 15) is 31.2 Å². The third kappa shape index (κ3) is 7.25. The SMILES string of the molecule is CS(=O)(=O)CC[C@H](NC(=O)c1cnc2ccccc2c1)C(=O)NC1CCCN(S(=O)(=O)c2ccccn2)CC1=O. The van der Waals surface area contributed by atoms with Gasteiger partial charge < -0.3 is 10.6 Å². The largest absolute Gasteiger partial charge is 0.344 e. The Labute approximate surface area is 232 Å². The predicted octanol–water partition coefficient (Wildman–Crippen LogP) is 0.702. The van der Waals surface area contributed by atoms with Crippen molar-refractivity contribution in [3.63, 3.8) is 0 Å². The van der Waals surface area contributed by atoms with Gasteiger partial charge in [-0.25, -0.2) is 21.8 Å². The van der Waals surface area contributed by atoms with Gasteiger partial charge in [0.2, 0.25) is 5.91 Å². The molecule has 40 heavy (non-hydrogen) atoms. The number of hydrogen-bond donors (Lipinski definition) is 2. The molecule has 0 saturated carbocycles. The molecule has 2 atom stereocenters. The summed E-state index contributed by atoms with van der Waals surface area (Å²) in [4.78, 5) is 47.4. The van der Waals surface area contributed by atoms with E-state index in [1.54, 1.807) is 30.3 Å². The van der Waals surface area contributed by atoms with Crippen LogP contribution in [0.15, 0.2) is 66.0 Å². The number of pyridine rings is 2. The van der Waals surface area contributed by atoms with Crippen molar-refractivity contribution >= 4 is 48.4 Å². The monoisotopic (exact) mass is 587 g/mol. The lowest BCUT2D eigenvalue weighted by Crippen LogP contribution is -2.52. The molecule has 1 aliphatic rings. The lowest BCUT2D eigenvalue weighted by Gasteiger charge is -2.22. The average Bonchev–Trinajstić information content (AvgIpc) is 3.12. The zero-order valence-corrected chi connectivity index (χ0v) is 23.3. The number of sulfone groups is 1. The fourth-order valence-corrected chi connectivity index (χ4v) is 6.34. The van der Waals surface area contributed by atoms with Crippen LogP contribution in [0.3, 0.4) is 0 Å². The lowest BCUT2D eigenvalue weighted by molar-refractivity contribution is -0.128. The average molecular weight is 588 g/mol. The number of ketones is 1. The van der Waals surface area contributed by atoms with E-state index in [0.29, 0.717) is 10.9 Å². The molecule has 0 spiro atoms. The second-order valence-electron chi connectivity index (χ2n) is 9.54. The van der Waals surface area contributed by atoms with Crippen molar-refractivity contribution in [1.82, 2.24) is 24.9 Å². The van der Waals surface area contributed by atoms with Gasteiger partial charge in [-0.2, -0.15) is 4.31 Å². The highest BCUT2D eigenvalue weighted by atomic mass is 32.2. The van der Waals surface area contributed by atoms with Crippen LogP contribution in [0.5, 0.6) is 0 Å². The number of carbonyl (C=O) groups is 3. The molecule has 0 aliphatic carbocycles. The van der Waals surface area contributed by atoms with Crippen LogP contribution < -0.4 is 10.6 Å². The molecule has 4 rings (SSSR count). The third-order valence-electron chi connectivity index (χ3n) is 6.43. The number of carbonyl (C=O) groups excluding carboxylic acids is 3. The normalized spacial score (nSPS) is 17.6. The van der Waals surface area contributed by atoms with Gasteiger partial charge in [0, 0.05) is 30.6 Å². The number of benzene rings is 1. The van der Waals surface area contributed by atoms with E-state index in [1.807, 2.05) is 6.07 Å². The Hall–Kier alpha value is -3.75. The van der Waals surface area contributed by atoms with Crippen molar-refractivity contribution in [3.05, 3.63) is 66.5 Å². The van der Waals surface area contributed by atoms with Crippen LogP contribution in [0.1, 0.15) is 29.6 Å². The van der Waals surface area contributed by atoms with Crippen LogP contribution in [0.25, 0.3) is 10.9 Å². The van der Waals surface area contributed by atoms with Crippen molar-refractivity contribution < 1.29 is 31.2 Å². The van der Waals surface area contributed by atoms with E-state index in [1.165, 1.54) is 24.5 Å². The first kappa shape index (κ1) is 29.2. The molecule has 1 aliphatic heterocycles. The number of para-hydroxylation sites is 1. The Morgan fingerprint density at radius 1 is 1.07 bits per heavy atom. The number of sulfonamides is 1. The molecule has 0 bridgehead atoms. The van der Waals surface area contributed by atoms with Crippen molar-refractivity contribution in [2.24, 2.45) is 0 Å². The molecule has 3 heterocycles. The van der Waals surface area contributed by atoms with Crippen molar-refractivity contribution in [1.29, 1.82) is 0 Å². The van der Waals surface area contributed by atoms with Gasteiger partial charge in [0.25, 0.3) is 15.9 Å². The topological polar surface area (TPSA) is 173 Å². The van der Waals surface area contributed by atoms with E-state index in [0.717, 1.165) is 10.6 Å². The molecule has 1 unspecified atom stereocenters. The summed E-state index contributed by atoms with van der Waals surface area (Å²) in [5.74, 6) is -2.29. The summed E-state index contributed by atoms with van der Waals surface area (Å²) in [6.07, 6.45) is 3.94. The van der Waals surface area contributed by atoms with E-state index in [2.05, 4.69) is 20.6 Å². The minimum atomic E-state index is -4.01. The van der Waals surface area contributed by atoms with Crippen LogP contribution in [0.2, 0.25) is 0 Å². The Morgan fingerprint density at radius 3 is 2.55 bits per heavy atom. The van der Waals surface area contributed by atoms with Gasteiger partial charge in [-0.05, 0) is 43.5 Å². The molecular weight excluding hydrogens is 558 g/mol. The Kier molecular flexibility index (Phi) is 8.91. The molecule has 0 radical (unpaired) electrons. The minimum absolute atomic E-state index is 0.0558. The summed E-state index contributed by atoms with van der Waals surface area (Å²) in [5, 5.41) is 5.68. The second kappa shape index (κ2) is 12.2. The van der Waals surface area contributed by atoms with E-state index in [-0.39, 0.29) is 42.1 Å². The van der Waals surface area contributed by atoms with Gasteiger partial charge in [0.05, 0.1) is 29.4 Å². The van der Waals surface area contributed by atoms with Gasteiger partial charge >= 0.3 is 0 Å². The van der Waals surface area contributed by atoms with E-state index >= 15 is 0 Å². The maximum absolute atomic E-state index is 13.2. The number of amides is 2. The molecule has 1 saturated heterocycles. The first-order valence-corrected chi connectivity index (χ1v) is 16.0. The fourth-order valence-electron chi connectivity index (χ4n) is 4.30. The van der Waals surface area contributed by atoms with Crippen LogP contribution >= 0.6 is 0 Å². The van der Waals surface area contributed by atoms with Gasteiger partial charge in [0.15, 0.2) is 10.8 Å². The standard InChI is InChI=1S/C26H29N5O7S2/c1-39(35,36)14-11-22(30-25(33)19-15-18-7-2-3-8-20(18)28-16-19)26(34)29-21-9-6-13-31(17-23(21)32)40(37,38)24-10-4-5-12-27-24/h2-5,7-8,10,12,15-16,21-22H,6,9,11,13-14,17H2,1H3,(H,29,34)(H,30,33)/t21?,22-/m0/s1. The summed E-state index contributed by atoms with van der Waals surface area (Å²) in [5.41, 5.74) is 0.855. The van der Waals surface area contributed by atoms with E-state index < -0.39 is 56.1 Å². The predicted molar refractivity (Wildman–Crippen MR) is 146 cm³/mol. The number of nitrogens with one attached hydrogen (secondary N) is 2. The van der Waals surface area contributed by atoms with Crippen LogP contribution in [-0.4, -0.2) is 85.9 Å². The molecule has 1 aromatic carbocycles. The smallest absolute Gasteiger partial charge is 0.260 e. The molecular formula is C26H29N5O7S2. The molecule has 2 aromatic heterocycles. The zero-order valence-electron chi connectivity index (χ0n) is 21.7. The molecule has 14 heteroatoms. The van der Waals surface area contributed by atoms with Gasteiger partial charge in [0.1, 0.15) is 15.9 Å². The highest BCUT2D eigenvalue weighted by Gasteiger charge is 2.35. The Bertz CT molecular complexity index is 1630. The number of nitrogens with zero attached hydrogens (tertiary/aromatic N) is 3. The first-order chi connectivity index (χ1) is 18.9. The van der Waals surface area contributed by atoms with Crippen molar-refractivity contribution in [2.45, 2.75) is 36.4 Å². The van der Waals surface area contributed by atoms with Gasteiger partial charge in [-0.1, -0.05) is 24.3 Å². The molecule has 12 nitrogen and oxygen atoms in total. The summed E-state index contributed by atoms with van der Waals surface area (Å²) in [6.45, 7) is -0.410. The molecule has 1 fully saturated rings. The summed E-state index contributed by atoms with van der Waals surface area (Å²) >= 11 is 0. The number of aromatic nitrogens is 2. The minimum Gasteiger partial charge on any atom is -0.344 e. The highest BCUT2D eigenvalue weighted by molar-refractivity contribution is 7.90. The molecule has 2 N–H and O–H groups in total. The fraction of sp³-hybridized carbons (Fsp3) is 0.346. The molecule has 212 valence electrons. The van der Waals surface area contributed by atoms with E-state index in [4.69, 9.17) is 0 Å². The summed E-state index contributed by atoms with van der Waals surface area (Å²) in [7, 11) is -7.49. The Balaban J connectivity index is 1.47. The van der Waals surface area contributed by atoms with Gasteiger partial charge in [-0.3, -0.25) is 19.4 Å². The highest BCUT2D eigenvalue weighted by Crippen LogP contribution is 2.18.